The van der Waals surface area contributed by atoms with E-state index in [1.807, 2.05) is 0 Å². The van der Waals surface area contributed by atoms with Crippen LogP contribution in [0, 0.1) is 5.82 Å². The number of nitrogens with two attached hydrogens (primary N) is 1. The first-order chi connectivity index (χ1) is 9.54. The molecule has 0 saturated heterocycles. The third-order valence-electron chi connectivity index (χ3n) is 2.96. The van der Waals surface area contributed by atoms with Crippen molar-refractivity contribution in [2.45, 2.75) is 0 Å². The van der Waals surface area contributed by atoms with Crippen molar-refractivity contribution in [2.24, 2.45) is 0 Å². The molecule has 1 heterocycles. The number of hydrogen-bond donors (Lipinski definition) is 1. The zero-order chi connectivity index (χ0) is 14.3. The van der Waals surface area contributed by atoms with Crippen molar-refractivity contribution >= 4 is 34.0 Å². The van der Waals surface area contributed by atoms with Crippen molar-refractivity contribution in [3.8, 4) is 0 Å². The largest absolute Gasteiger partial charge is 0.453 e. The number of carbonyl (C=O) groups excluding carboxylic acids is 1. The number of furan rings is 1. The van der Waals surface area contributed by atoms with E-state index in [0.29, 0.717) is 16.0 Å². The van der Waals surface area contributed by atoms with Crippen molar-refractivity contribution in [1.82, 2.24) is 0 Å². The lowest BCUT2D eigenvalue weighted by atomic mass is 10.1. The van der Waals surface area contributed by atoms with Crippen LogP contribution in [-0.2, 0) is 0 Å². The number of fused-ring (bicyclic) bond motifs is 1. The van der Waals surface area contributed by atoms with Gasteiger partial charge in [0.2, 0.25) is 5.78 Å². The number of rotatable bonds is 2. The van der Waals surface area contributed by atoms with Crippen molar-refractivity contribution in [1.29, 1.82) is 0 Å². The van der Waals surface area contributed by atoms with Gasteiger partial charge in [-0.3, -0.25) is 4.79 Å². The molecule has 0 atom stereocenters. The van der Waals surface area contributed by atoms with Crippen molar-refractivity contribution in [3.05, 3.63) is 64.6 Å². The second-order valence-corrected chi connectivity index (χ2v) is 4.79. The number of halogens is 2. The molecular weight excluding hydrogens is 281 g/mol. The first-order valence-corrected chi connectivity index (χ1v) is 6.21. The van der Waals surface area contributed by atoms with Gasteiger partial charge in [-0.2, -0.15) is 0 Å². The highest BCUT2D eigenvalue weighted by molar-refractivity contribution is 6.31. The smallest absolute Gasteiger partial charge is 0.230 e. The van der Waals surface area contributed by atoms with E-state index < -0.39 is 11.6 Å². The second-order valence-electron chi connectivity index (χ2n) is 4.35. The Morgan fingerprint density at radius 2 is 1.95 bits per heavy atom. The molecule has 0 aliphatic carbocycles. The number of anilines is 1. The van der Waals surface area contributed by atoms with Crippen LogP contribution < -0.4 is 5.73 Å². The third kappa shape index (κ3) is 2.14. The van der Waals surface area contributed by atoms with Gasteiger partial charge in [-0.1, -0.05) is 11.6 Å². The summed E-state index contributed by atoms with van der Waals surface area (Å²) in [5.41, 5.74) is 6.51. The van der Waals surface area contributed by atoms with E-state index >= 15 is 0 Å². The molecule has 2 N–H and O–H groups in total. The normalized spacial score (nSPS) is 10.9. The highest BCUT2D eigenvalue weighted by Crippen LogP contribution is 2.26. The maximum absolute atomic E-state index is 13.2. The molecule has 2 aromatic carbocycles. The fourth-order valence-electron chi connectivity index (χ4n) is 1.98. The first-order valence-electron chi connectivity index (χ1n) is 5.83. The van der Waals surface area contributed by atoms with Crippen LogP contribution in [0.15, 0.2) is 46.9 Å². The zero-order valence-corrected chi connectivity index (χ0v) is 10.9. The highest BCUT2D eigenvalue weighted by Gasteiger charge is 2.17. The first kappa shape index (κ1) is 12.7. The summed E-state index contributed by atoms with van der Waals surface area (Å²) in [4.78, 5) is 12.3. The van der Waals surface area contributed by atoms with Gasteiger partial charge in [-0.05, 0) is 42.5 Å². The Kier molecular flexibility index (Phi) is 2.95. The van der Waals surface area contributed by atoms with Gasteiger partial charge in [-0.15, -0.1) is 0 Å². The molecule has 0 saturated carbocycles. The fourth-order valence-corrected chi connectivity index (χ4v) is 2.16. The van der Waals surface area contributed by atoms with E-state index in [9.17, 15) is 9.18 Å². The minimum Gasteiger partial charge on any atom is -0.453 e. The number of nitrogen functional groups attached to an aromatic ring is 1. The molecule has 20 heavy (non-hydrogen) atoms. The molecule has 0 amide bonds. The average molecular weight is 290 g/mol. The molecule has 1 aromatic heterocycles. The molecule has 5 heteroatoms. The molecule has 0 aliphatic heterocycles. The Morgan fingerprint density at radius 1 is 1.15 bits per heavy atom. The zero-order valence-electron chi connectivity index (χ0n) is 10.2. The van der Waals surface area contributed by atoms with Crippen LogP contribution in [0.4, 0.5) is 10.1 Å². The molecule has 3 nitrogen and oxygen atoms in total. The number of hydrogen-bond acceptors (Lipinski definition) is 3. The van der Waals surface area contributed by atoms with Gasteiger partial charge >= 0.3 is 0 Å². The molecule has 3 rings (SSSR count). The summed E-state index contributed by atoms with van der Waals surface area (Å²) in [5, 5.41) is 1.25. The number of carbonyl (C=O) groups is 1. The molecule has 0 bridgehead atoms. The average Bonchev–Trinajstić information content (AvgIpc) is 2.83. The van der Waals surface area contributed by atoms with Gasteiger partial charge in [0.05, 0.1) is 5.56 Å². The molecule has 0 fully saturated rings. The Morgan fingerprint density at radius 3 is 2.75 bits per heavy atom. The van der Waals surface area contributed by atoms with Gasteiger partial charge in [-0.25, -0.2) is 4.39 Å². The van der Waals surface area contributed by atoms with Crippen LogP contribution >= 0.6 is 11.6 Å². The van der Waals surface area contributed by atoms with E-state index in [-0.39, 0.29) is 17.0 Å². The lowest BCUT2D eigenvalue weighted by Crippen LogP contribution is -2.04. The quantitative estimate of drug-likeness (QED) is 0.572. The van der Waals surface area contributed by atoms with E-state index in [1.54, 1.807) is 24.3 Å². The topological polar surface area (TPSA) is 56.2 Å². The van der Waals surface area contributed by atoms with Crippen molar-refractivity contribution < 1.29 is 13.6 Å². The number of ketones is 1. The highest BCUT2D eigenvalue weighted by atomic mass is 35.5. The van der Waals surface area contributed by atoms with E-state index in [2.05, 4.69) is 0 Å². The van der Waals surface area contributed by atoms with Crippen LogP contribution in [0.1, 0.15) is 16.1 Å². The summed E-state index contributed by atoms with van der Waals surface area (Å²) in [6.45, 7) is 0. The molecular formula is C15H9ClFNO2. The molecule has 0 spiro atoms. The minimum atomic E-state index is -0.526. The van der Waals surface area contributed by atoms with Crippen LogP contribution in [0.25, 0.3) is 11.0 Å². The summed E-state index contributed by atoms with van der Waals surface area (Å²) in [7, 11) is 0. The van der Waals surface area contributed by atoms with E-state index in [1.165, 1.54) is 12.1 Å². The van der Waals surface area contributed by atoms with E-state index in [4.69, 9.17) is 21.8 Å². The summed E-state index contributed by atoms with van der Waals surface area (Å²) >= 11 is 5.87. The molecule has 0 aliphatic rings. The Hall–Kier alpha value is -2.33. The van der Waals surface area contributed by atoms with Gasteiger partial charge in [0, 0.05) is 16.1 Å². The van der Waals surface area contributed by atoms with Gasteiger partial charge < -0.3 is 10.2 Å². The van der Waals surface area contributed by atoms with E-state index in [0.717, 1.165) is 6.07 Å². The summed E-state index contributed by atoms with van der Waals surface area (Å²) < 4.78 is 18.7. The summed E-state index contributed by atoms with van der Waals surface area (Å²) in [5.74, 6) is -0.893. The Bertz CT molecular complexity index is 826. The standard InChI is InChI=1S/C15H9ClFNO2/c16-9-1-4-13-8(5-9)6-14(20-13)15(19)11-7-10(17)2-3-12(11)18/h1-7H,18H2. The molecule has 0 radical (unpaired) electrons. The van der Waals surface area contributed by atoms with Crippen LogP contribution in [0.3, 0.4) is 0 Å². The summed E-state index contributed by atoms with van der Waals surface area (Å²) in [6, 6.07) is 10.2. The Balaban J connectivity index is 2.10. The second kappa shape index (κ2) is 4.65. The molecule has 100 valence electrons. The van der Waals surface area contributed by atoms with Gasteiger partial charge in [0.15, 0.2) is 5.76 Å². The monoisotopic (exact) mass is 289 g/mol. The summed E-state index contributed by atoms with van der Waals surface area (Å²) in [6.07, 6.45) is 0. The van der Waals surface area contributed by atoms with Crippen molar-refractivity contribution in [3.63, 3.8) is 0 Å². The predicted octanol–water partition coefficient (Wildman–Crippen LogP) is 4.04. The van der Waals surface area contributed by atoms with Crippen LogP contribution in [0.2, 0.25) is 5.02 Å². The minimum absolute atomic E-state index is 0.0788. The lowest BCUT2D eigenvalue weighted by molar-refractivity contribution is 0.101. The maximum atomic E-state index is 13.2. The van der Waals surface area contributed by atoms with Crippen molar-refractivity contribution in [2.75, 3.05) is 5.73 Å². The predicted molar refractivity (Wildman–Crippen MR) is 75.5 cm³/mol. The molecule has 0 unspecified atom stereocenters. The van der Waals surface area contributed by atoms with Gasteiger partial charge in [0.25, 0.3) is 0 Å². The van der Waals surface area contributed by atoms with Crippen LogP contribution in [-0.4, -0.2) is 5.78 Å². The SMILES string of the molecule is Nc1ccc(F)cc1C(=O)c1cc2cc(Cl)ccc2o1. The van der Waals surface area contributed by atoms with Crippen LogP contribution in [0.5, 0.6) is 0 Å². The third-order valence-corrected chi connectivity index (χ3v) is 3.20. The fraction of sp³-hybridized carbons (Fsp3) is 0. The Labute approximate surface area is 118 Å². The molecule has 3 aromatic rings. The lowest BCUT2D eigenvalue weighted by Gasteiger charge is -2.02. The van der Waals surface area contributed by atoms with Gasteiger partial charge in [0.1, 0.15) is 11.4 Å². The number of benzene rings is 2. The maximum Gasteiger partial charge on any atom is 0.230 e.